The predicted molar refractivity (Wildman–Crippen MR) is 77.7 cm³/mol. The quantitative estimate of drug-likeness (QED) is 0.482. The lowest BCUT2D eigenvalue weighted by Gasteiger charge is -2.21. The molecule has 0 fully saturated rings. The first-order chi connectivity index (χ1) is 9.67. The highest BCUT2D eigenvalue weighted by molar-refractivity contribution is 7.98. The van der Waals surface area contributed by atoms with E-state index in [2.05, 4.69) is 20.3 Å². The van der Waals surface area contributed by atoms with E-state index in [0.717, 1.165) is 5.56 Å². The summed E-state index contributed by atoms with van der Waals surface area (Å²) in [6, 6.07) is -0.213. The minimum absolute atomic E-state index is 0.0858. The van der Waals surface area contributed by atoms with E-state index in [1.165, 1.54) is 6.33 Å². The van der Waals surface area contributed by atoms with E-state index in [0.29, 0.717) is 23.3 Å². The third kappa shape index (κ3) is 3.21. The van der Waals surface area contributed by atoms with E-state index in [-0.39, 0.29) is 18.5 Å². The molecule has 2 heterocycles. The molecule has 0 unspecified atom stereocenters. The highest BCUT2D eigenvalue weighted by Crippen LogP contribution is 2.21. The summed E-state index contributed by atoms with van der Waals surface area (Å²) in [4.78, 5) is 10.8. The van der Waals surface area contributed by atoms with Crippen LogP contribution < -0.4 is 5.32 Å². The summed E-state index contributed by atoms with van der Waals surface area (Å²) < 4.78 is 0. The highest BCUT2D eigenvalue weighted by atomic mass is 32.2. The first kappa shape index (κ1) is 15.0. The number of aromatic amines is 1. The normalized spacial score (nSPS) is 14.6. The van der Waals surface area contributed by atoms with Crippen molar-refractivity contribution in [3.05, 3.63) is 18.1 Å². The fourth-order valence-electron chi connectivity index (χ4n) is 1.97. The lowest BCUT2D eigenvalue weighted by molar-refractivity contribution is 0.0689. The molecule has 0 aromatic carbocycles. The van der Waals surface area contributed by atoms with Gasteiger partial charge in [-0.3, -0.25) is 0 Å². The third-order valence-corrected chi connectivity index (χ3v) is 3.77. The maximum atomic E-state index is 9.74. The number of hydrogen-bond acceptors (Lipinski definition) is 7. The number of H-pyrrole nitrogens is 1. The number of thioether (sulfide) groups is 1. The van der Waals surface area contributed by atoms with Crippen LogP contribution in [0.15, 0.2) is 12.5 Å². The van der Waals surface area contributed by atoms with Gasteiger partial charge in [-0.05, 0) is 6.26 Å². The van der Waals surface area contributed by atoms with Crippen molar-refractivity contribution in [3.63, 3.8) is 0 Å². The molecular formula is C12H18N4O3S. The maximum Gasteiger partial charge on any atom is 0.239 e. The highest BCUT2D eigenvalue weighted by Gasteiger charge is 2.18. The van der Waals surface area contributed by atoms with Gasteiger partial charge in [0.25, 0.3) is 0 Å². The monoisotopic (exact) mass is 298 g/mol. The average Bonchev–Trinajstić information content (AvgIpc) is 2.87. The third-order valence-electron chi connectivity index (χ3n) is 3.07. The Morgan fingerprint density at radius 3 is 2.95 bits per heavy atom. The molecular weight excluding hydrogens is 280 g/mol. The van der Waals surface area contributed by atoms with Crippen molar-refractivity contribution in [1.29, 1.82) is 0 Å². The molecule has 2 aromatic heterocycles. The second kappa shape index (κ2) is 6.89. The molecule has 0 aliphatic rings. The number of rotatable bonds is 7. The Balaban J connectivity index is 2.10. The van der Waals surface area contributed by atoms with Crippen molar-refractivity contribution >= 4 is 22.8 Å². The van der Waals surface area contributed by atoms with Crippen molar-refractivity contribution in [2.45, 2.75) is 18.7 Å². The van der Waals surface area contributed by atoms with Crippen LogP contribution in [0.3, 0.4) is 0 Å². The molecule has 20 heavy (non-hydrogen) atoms. The van der Waals surface area contributed by atoms with E-state index in [1.807, 2.05) is 6.26 Å². The van der Waals surface area contributed by atoms with Gasteiger partial charge in [0, 0.05) is 30.1 Å². The smallest absolute Gasteiger partial charge is 0.239 e. The lowest BCUT2D eigenvalue weighted by atomic mass is 10.2. The summed E-state index contributed by atoms with van der Waals surface area (Å²) in [7, 11) is 0. The number of aromatic hydroxyl groups is 1. The average molecular weight is 298 g/mol. The van der Waals surface area contributed by atoms with Crippen molar-refractivity contribution in [2.24, 2.45) is 0 Å². The van der Waals surface area contributed by atoms with Gasteiger partial charge in [-0.25, -0.2) is 9.97 Å². The van der Waals surface area contributed by atoms with Crippen LogP contribution in [-0.2, 0) is 6.54 Å². The van der Waals surface area contributed by atoms with Crippen molar-refractivity contribution in [3.8, 4) is 5.88 Å². The first-order valence-corrected chi connectivity index (χ1v) is 7.58. The summed E-state index contributed by atoms with van der Waals surface area (Å²) in [5, 5.41) is 31.6. The summed E-state index contributed by atoms with van der Waals surface area (Å²) in [6.07, 6.45) is 4.18. The fraction of sp³-hybridized carbons (Fsp3) is 0.500. The molecule has 0 aliphatic heterocycles. The van der Waals surface area contributed by atoms with Crippen LogP contribution in [0.1, 0.15) is 5.56 Å². The number of nitrogens with one attached hydrogen (secondary N) is 2. The molecule has 0 bridgehead atoms. The van der Waals surface area contributed by atoms with Gasteiger partial charge in [0.2, 0.25) is 5.88 Å². The summed E-state index contributed by atoms with van der Waals surface area (Å²) in [5.74, 6) is 0.599. The van der Waals surface area contributed by atoms with E-state index >= 15 is 0 Å². The Labute approximate surface area is 120 Å². The zero-order valence-corrected chi connectivity index (χ0v) is 11.9. The second-order valence-electron chi connectivity index (χ2n) is 4.43. The molecule has 0 aliphatic carbocycles. The zero-order chi connectivity index (χ0) is 14.5. The number of nitrogens with zero attached hydrogens (tertiary/aromatic N) is 2. The predicted octanol–water partition coefficient (Wildman–Crippen LogP) is -0.162. The second-order valence-corrected chi connectivity index (χ2v) is 5.34. The van der Waals surface area contributed by atoms with Gasteiger partial charge in [0.05, 0.1) is 18.2 Å². The molecule has 110 valence electrons. The Kier molecular flexibility index (Phi) is 5.18. The molecule has 0 saturated carbocycles. The van der Waals surface area contributed by atoms with Crippen LogP contribution in [0, 0.1) is 0 Å². The number of aliphatic hydroxyl groups excluding tert-OH is 2. The number of hydrogen-bond donors (Lipinski definition) is 5. The lowest BCUT2D eigenvalue weighted by Crippen LogP contribution is -2.43. The van der Waals surface area contributed by atoms with Crippen LogP contribution in [0.5, 0.6) is 5.88 Å². The van der Waals surface area contributed by atoms with E-state index in [9.17, 15) is 10.2 Å². The van der Waals surface area contributed by atoms with Gasteiger partial charge in [-0.2, -0.15) is 11.8 Å². The van der Waals surface area contributed by atoms with Gasteiger partial charge in [-0.1, -0.05) is 0 Å². The van der Waals surface area contributed by atoms with Crippen LogP contribution in [0.4, 0.5) is 0 Å². The molecule has 0 spiro atoms. The van der Waals surface area contributed by atoms with Gasteiger partial charge >= 0.3 is 0 Å². The van der Waals surface area contributed by atoms with Gasteiger partial charge < -0.3 is 25.6 Å². The molecule has 2 rings (SSSR count). The first-order valence-electron chi connectivity index (χ1n) is 6.18. The SMILES string of the molecule is CSC[C@@H](NCc1c[nH]c2c(O)ncnc12)[C@@H](O)CO. The number of fused-ring (bicyclic) bond motifs is 1. The molecule has 0 saturated heterocycles. The van der Waals surface area contributed by atoms with Crippen LogP contribution in [0.25, 0.3) is 11.0 Å². The summed E-state index contributed by atoms with van der Waals surface area (Å²) in [5.41, 5.74) is 2.01. The molecule has 0 radical (unpaired) electrons. The molecule has 7 nitrogen and oxygen atoms in total. The van der Waals surface area contributed by atoms with Crippen molar-refractivity contribution in [1.82, 2.24) is 20.3 Å². The van der Waals surface area contributed by atoms with Gasteiger partial charge in [-0.15, -0.1) is 0 Å². The molecule has 8 heteroatoms. The minimum Gasteiger partial charge on any atom is -0.492 e. The molecule has 2 atom stereocenters. The van der Waals surface area contributed by atoms with Crippen LogP contribution in [-0.4, -0.2) is 61.0 Å². The Morgan fingerprint density at radius 1 is 1.45 bits per heavy atom. The van der Waals surface area contributed by atoms with E-state index < -0.39 is 6.10 Å². The Morgan fingerprint density at radius 2 is 2.25 bits per heavy atom. The van der Waals surface area contributed by atoms with Gasteiger partial charge in [0.15, 0.2) is 0 Å². The Bertz CT molecular complexity index is 563. The number of aromatic nitrogens is 3. The Hall–Kier alpha value is -1.35. The van der Waals surface area contributed by atoms with Crippen LogP contribution in [0.2, 0.25) is 0 Å². The maximum absolute atomic E-state index is 9.74. The summed E-state index contributed by atoms with van der Waals surface area (Å²) in [6.45, 7) is 0.188. The summed E-state index contributed by atoms with van der Waals surface area (Å²) >= 11 is 1.59. The number of aliphatic hydroxyl groups is 2. The minimum atomic E-state index is -0.810. The van der Waals surface area contributed by atoms with Crippen molar-refractivity contribution in [2.75, 3.05) is 18.6 Å². The van der Waals surface area contributed by atoms with Crippen molar-refractivity contribution < 1.29 is 15.3 Å². The van der Waals surface area contributed by atoms with Crippen LogP contribution >= 0.6 is 11.8 Å². The standard InChI is InChI=1S/C12H18N4O3S/c1-20-5-8(9(18)4-17)13-2-7-3-14-11-10(7)15-6-16-12(11)19/h3,6,8-9,13-14,17-18H,2,4-5H2,1H3,(H,15,16,19)/t8-,9+/m1/s1. The molecule has 2 aromatic rings. The fourth-order valence-corrected chi connectivity index (χ4v) is 2.67. The molecule has 0 amide bonds. The van der Waals surface area contributed by atoms with E-state index in [4.69, 9.17) is 5.11 Å². The topological polar surface area (TPSA) is 114 Å². The van der Waals surface area contributed by atoms with E-state index in [1.54, 1.807) is 18.0 Å². The zero-order valence-electron chi connectivity index (χ0n) is 11.1. The molecule has 5 N–H and O–H groups in total. The largest absolute Gasteiger partial charge is 0.492 e. The van der Waals surface area contributed by atoms with Gasteiger partial charge in [0.1, 0.15) is 11.8 Å².